The molecule has 0 heterocycles. The van der Waals surface area contributed by atoms with E-state index < -0.39 is 0 Å². The predicted octanol–water partition coefficient (Wildman–Crippen LogP) is 3.55. The highest BCUT2D eigenvalue weighted by atomic mass is 14.1. The zero-order valence-electron chi connectivity index (χ0n) is 8.54. The summed E-state index contributed by atoms with van der Waals surface area (Å²) in [4.78, 5) is 0. The third-order valence-corrected chi connectivity index (χ3v) is 2.33. The van der Waals surface area contributed by atoms with Gasteiger partial charge in [-0.3, -0.25) is 0 Å². The summed E-state index contributed by atoms with van der Waals surface area (Å²) in [6.45, 7) is 6.46. The van der Waals surface area contributed by atoms with Gasteiger partial charge < -0.3 is 0 Å². The summed E-state index contributed by atoms with van der Waals surface area (Å²) in [5.41, 5.74) is 2.66. The lowest BCUT2D eigenvalue weighted by Gasteiger charge is -2.14. The topological polar surface area (TPSA) is 0 Å². The monoisotopic (exact) mass is 172 g/mol. The summed E-state index contributed by atoms with van der Waals surface area (Å²) < 4.78 is 0. The lowest BCUT2D eigenvalue weighted by atomic mass is 9.90. The van der Waals surface area contributed by atoms with Gasteiger partial charge in [0.2, 0.25) is 0 Å². The second-order valence-electron chi connectivity index (χ2n) is 3.67. The first kappa shape index (κ1) is 9.86. The Morgan fingerprint density at radius 3 is 2.08 bits per heavy atom. The van der Waals surface area contributed by atoms with E-state index in [-0.39, 0.29) is 5.92 Å². The molecule has 1 rings (SSSR count). The highest BCUT2D eigenvalue weighted by Crippen LogP contribution is 2.25. The Kier molecular flexibility index (Phi) is 3.14. The van der Waals surface area contributed by atoms with Crippen LogP contribution in [0.2, 0.25) is 0 Å². The zero-order valence-corrected chi connectivity index (χ0v) is 8.54. The molecule has 1 atom stereocenters. The predicted molar refractivity (Wildman–Crippen MR) is 57.8 cm³/mol. The zero-order chi connectivity index (χ0) is 9.84. The van der Waals surface area contributed by atoms with Crippen LogP contribution in [0.5, 0.6) is 0 Å². The highest BCUT2D eigenvalue weighted by molar-refractivity contribution is 5.35. The van der Waals surface area contributed by atoms with E-state index in [9.17, 15) is 0 Å². The quantitative estimate of drug-likeness (QED) is 0.598. The second kappa shape index (κ2) is 4.14. The minimum absolute atomic E-state index is 0.221. The molecular formula is C13H16. The van der Waals surface area contributed by atoms with Gasteiger partial charge in [0, 0.05) is 5.92 Å². The van der Waals surface area contributed by atoms with Gasteiger partial charge in [-0.25, -0.2) is 0 Å². The van der Waals surface area contributed by atoms with Crippen LogP contribution in [0.25, 0.3) is 0 Å². The Morgan fingerprint density at radius 1 is 1.08 bits per heavy atom. The molecule has 0 aromatic heterocycles. The molecule has 1 aromatic rings. The van der Waals surface area contributed by atoms with Crippen LogP contribution in [-0.2, 0) is 0 Å². The molecule has 0 bridgehead atoms. The van der Waals surface area contributed by atoms with E-state index >= 15 is 0 Å². The number of hydrogen-bond acceptors (Lipinski definition) is 0. The average Bonchev–Trinajstić information content (AvgIpc) is 2.16. The summed E-state index contributed by atoms with van der Waals surface area (Å²) in [7, 11) is 0. The van der Waals surface area contributed by atoms with Crippen LogP contribution in [0, 0.1) is 12.3 Å². The fourth-order valence-electron chi connectivity index (χ4n) is 1.52. The van der Waals surface area contributed by atoms with E-state index in [2.05, 4.69) is 51.0 Å². The Hall–Kier alpha value is -1.22. The van der Waals surface area contributed by atoms with Crippen LogP contribution in [0.15, 0.2) is 24.3 Å². The standard InChI is InChI=1S/C13H16/c1-5-11(4)13-9-7-6-8-12(13)10(2)3/h1,6-11H,2-4H3. The van der Waals surface area contributed by atoms with Gasteiger partial charge in [0.05, 0.1) is 0 Å². The number of terminal acetylenes is 1. The molecule has 0 heteroatoms. The Balaban J connectivity index is 3.13. The van der Waals surface area contributed by atoms with Crippen molar-refractivity contribution in [3.63, 3.8) is 0 Å². The van der Waals surface area contributed by atoms with Crippen molar-refractivity contribution >= 4 is 0 Å². The molecule has 0 radical (unpaired) electrons. The van der Waals surface area contributed by atoms with Crippen LogP contribution in [0.3, 0.4) is 0 Å². The minimum atomic E-state index is 0.221. The Labute approximate surface area is 81.0 Å². The van der Waals surface area contributed by atoms with Gasteiger partial charge in [-0.2, -0.15) is 0 Å². The van der Waals surface area contributed by atoms with Crippen molar-refractivity contribution in [2.45, 2.75) is 32.6 Å². The maximum absolute atomic E-state index is 5.42. The third kappa shape index (κ3) is 2.12. The van der Waals surface area contributed by atoms with E-state index in [1.807, 2.05) is 0 Å². The van der Waals surface area contributed by atoms with Crippen molar-refractivity contribution in [3.05, 3.63) is 35.4 Å². The van der Waals surface area contributed by atoms with Crippen molar-refractivity contribution in [3.8, 4) is 12.3 Å². The molecule has 0 aliphatic heterocycles. The van der Waals surface area contributed by atoms with Gasteiger partial charge in [-0.05, 0) is 24.0 Å². The molecule has 0 spiro atoms. The molecule has 0 saturated heterocycles. The van der Waals surface area contributed by atoms with Gasteiger partial charge in [0.25, 0.3) is 0 Å². The molecule has 1 unspecified atom stereocenters. The van der Waals surface area contributed by atoms with Crippen LogP contribution in [-0.4, -0.2) is 0 Å². The maximum atomic E-state index is 5.42. The molecule has 68 valence electrons. The molecule has 13 heavy (non-hydrogen) atoms. The molecule has 0 saturated carbocycles. The fourth-order valence-corrected chi connectivity index (χ4v) is 1.52. The Bertz CT molecular complexity index is 315. The van der Waals surface area contributed by atoms with E-state index in [1.165, 1.54) is 11.1 Å². The summed E-state index contributed by atoms with van der Waals surface area (Å²) in [5, 5.41) is 0. The molecular weight excluding hydrogens is 156 g/mol. The van der Waals surface area contributed by atoms with Crippen molar-refractivity contribution in [1.82, 2.24) is 0 Å². The lowest BCUT2D eigenvalue weighted by molar-refractivity contribution is 0.829. The summed E-state index contributed by atoms with van der Waals surface area (Å²) in [6.07, 6.45) is 5.42. The molecule has 0 amide bonds. The van der Waals surface area contributed by atoms with E-state index in [0.29, 0.717) is 5.92 Å². The van der Waals surface area contributed by atoms with Gasteiger partial charge in [-0.15, -0.1) is 6.42 Å². The molecule has 1 aromatic carbocycles. The first-order valence-corrected chi connectivity index (χ1v) is 4.71. The molecule has 0 nitrogen and oxygen atoms in total. The molecule has 0 aliphatic carbocycles. The van der Waals surface area contributed by atoms with Gasteiger partial charge in [0.1, 0.15) is 0 Å². The summed E-state index contributed by atoms with van der Waals surface area (Å²) in [5.74, 6) is 3.55. The van der Waals surface area contributed by atoms with Crippen molar-refractivity contribution in [1.29, 1.82) is 0 Å². The second-order valence-corrected chi connectivity index (χ2v) is 3.67. The van der Waals surface area contributed by atoms with Crippen LogP contribution >= 0.6 is 0 Å². The fraction of sp³-hybridized carbons (Fsp3) is 0.385. The van der Waals surface area contributed by atoms with Crippen molar-refractivity contribution in [2.75, 3.05) is 0 Å². The first-order valence-electron chi connectivity index (χ1n) is 4.71. The third-order valence-electron chi connectivity index (χ3n) is 2.33. The molecule has 0 fully saturated rings. The Morgan fingerprint density at radius 2 is 1.62 bits per heavy atom. The molecule has 0 N–H and O–H groups in total. The van der Waals surface area contributed by atoms with Gasteiger partial charge in [0.15, 0.2) is 0 Å². The maximum Gasteiger partial charge on any atom is 0.0424 e. The van der Waals surface area contributed by atoms with Crippen molar-refractivity contribution in [2.24, 2.45) is 0 Å². The first-order chi connectivity index (χ1) is 6.16. The van der Waals surface area contributed by atoms with E-state index in [1.54, 1.807) is 0 Å². The largest absolute Gasteiger partial charge is 0.119 e. The smallest absolute Gasteiger partial charge is 0.0424 e. The molecule has 0 aliphatic rings. The summed E-state index contributed by atoms with van der Waals surface area (Å²) in [6, 6.07) is 8.41. The van der Waals surface area contributed by atoms with Gasteiger partial charge in [-0.1, -0.05) is 44.0 Å². The highest BCUT2D eigenvalue weighted by Gasteiger charge is 2.09. The number of hydrogen-bond donors (Lipinski definition) is 0. The summed E-state index contributed by atoms with van der Waals surface area (Å²) >= 11 is 0. The van der Waals surface area contributed by atoms with Crippen molar-refractivity contribution < 1.29 is 0 Å². The average molecular weight is 172 g/mol. The number of rotatable bonds is 2. The van der Waals surface area contributed by atoms with Gasteiger partial charge >= 0.3 is 0 Å². The van der Waals surface area contributed by atoms with Crippen LogP contribution in [0.4, 0.5) is 0 Å². The SMILES string of the molecule is C#CC(C)c1ccccc1C(C)C. The lowest BCUT2D eigenvalue weighted by Crippen LogP contribution is -1.98. The number of benzene rings is 1. The van der Waals surface area contributed by atoms with Crippen LogP contribution in [0.1, 0.15) is 43.7 Å². The van der Waals surface area contributed by atoms with E-state index in [4.69, 9.17) is 6.42 Å². The minimum Gasteiger partial charge on any atom is -0.119 e. The van der Waals surface area contributed by atoms with Crippen LogP contribution < -0.4 is 0 Å². The normalized spacial score (nSPS) is 12.5. The van der Waals surface area contributed by atoms with E-state index in [0.717, 1.165) is 0 Å².